The van der Waals surface area contributed by atoms with Crippen LogP contribution in [0.3, 0.4) is 0 Å². The van der Waals surface area contributed by atoms with Crippen LogP contribution in [-0.2, 0) is 20.9 Å². The topological polar surface area (TPSA) is 104 Å². The molecule has 0 unspecified atom stereocenters. The molecule has 0 radical (unpaired) electrons. The second-order valence-corrected chi connectivity index (χ2v) is 11.7. The lowest BCUT2D eigenvalue weighted by molar-refractivity contribution is -0.139. The molecule has 2 aliphatic heterocycles. The van der Waals surface area contributed by atoms with Crippen LogP contribution in [-0.4, -0.2) is 59.8 Å². The third-order valence-electron chi connectivity index (χ3n) is 8.12. The van der Waals surface area contributed by atoms with Gasteiger partial charge in [0.15, 0.2) is 4.80 Å². The molecule has 10 nitrogen and oxygen atoms in total. The van der Waals surface area contributed by atoms with Crippen LogP contribution in [0, 0.1) is 0 Å². The van der Waals surface area contributed by atoms with Crippen molar-refractivity contribution in [2.75, 3.05) is 33.9 Å². The molecule has 1 fully saturated rings. The second-order valence-electron chi connectivity index (χ2n) is 10.7. The molecular weight excluding hydrogens is 580 g/mol. The molecule has 0 spiro atoms. The van der Waals surface area contributed by atoms with Crippen molar-refractivity contribution in [1.82, 2.24) is 14.0 Å². The molecule has 1 atom stereocenters. The summed E-state index contributed by atoms with van der Waals surface area (Å²) in [5, 5.41) is 0.932. The SMILES string of the molecule is CCOC(=O)C1=C(C)N=c2s/c(=C/c3cn(CC(=O)N4CCCC4)c4ccccc34)c(=O)n2[C@H]1c1cc(OC)ccc1OC. The summed E-state index contributed by atoms with van der Waals surface area (Å²) in [6.45, 7) is 5.46. The first-order valence-electron chi connectivity index (χ1n) is 14.6. The second kappa shape index (κ2) is 12.2. The van der Waals surface area contributed by atoms with Gasteiger partial charge in [0.2, 0.25) is 5.91 Å². The minimum Gasteiger partial charge on any atom is -0.497 e. The van der Waals surface area contributed by atoms with Gasteiger partial charge in [0.1, 0.15) is 24.1 Å². The Morgan fingerprint density at radius 2 is 1.86 bits per heavy atom. The summed E-state index contributed by atoms with van der Waals surface area (Å²) in [6.07, 6.45) is 5.83. The molecule has 44 heavy (non-hydrogen) atoms. The van der Waals surface area contributed by atoms with Crippen molar-refractivity contribution >= 4 is 40.2 Å². The molecule has 228 valence electrons. The highest BCUT2D eigenvalue weighted by Crippen LogP contribution is 2.38. The summed E-state index contributed by atoms with van der Waals surface area (Å²) < 4.78 is 20.5. The predicted molar refractivity (Wildman–Crippen MR) is 168 cm³/mol. The monoisotopic (exact) mass is 614 g/mol. The highest BCUT2D eigenvalue weighted by atomic mass is 32.1. The summed E-state index contributed by atoms with van der Waals surface area (Å²) in [4.78, 5) is 47.6. The molecule has 0 bridgehead atoms. The Morgan fingerprint density at radius 3 is 2.59 bits per heavy atom. The van der Waals surface area contributed by atoms with Gasteiger partial charge in [0, 0.05) is 41.3 Å². The van der Waals surface area contributed by atoms with E-state index in [9.17, 15) is 14.4 Å². The van der Waals surface area contributed by atoms with E-state index in [1.165, 1.54) is 15.9 Å². The normalized spacial score (nSPS) is 16.7. The van der Waals surface area contributed by atoms with Crippen LogP contribution in [0.25, 0.3) is 17.0 Å². The number of hydrogen-bond acceptors (Lipinski definition) is 8. The summed E-state index contributed by atoms with van der Waals surface area (Å²) in [5.74, 6) is 0.580. The van der Waals surface area contributed by atoms with Crippen LogP contribution in [0.15, 0.2) is 69.7 Å². The number of likely N-dealkylation sites (tertiary alicyclic amines) is 1. The van der Waals surface area contributed by atoms with E-state index in [1.807, 2.05) is 46.0 Å². The lowest BCUT2D eigenvalue weighted by atomic mass is 9.94. The van der Waals surface area contributed by atoms with Crippen LogP contribution in [0.2, 0.25) is 0 Å². The number of nitrogens with zero attached hydrogens (tertiary/aromatic N) is 4. The fourth-order valence-electron chi connectivity index (χ4n) is 6.01. The molecule has 1 saturated heterocycles. The number of fused-ring (bicyclic) bond motifs is 2. The average molecular weight is 615 g/mol. The Labute approximate surface area is 258 Å². The Balaban J connectivity index is 1.52. The molecule has 0 aliphatic carbocycles. The molecule has 2 aliphatic rings. The number of carbonyl (C=O) groups is 2. The summed E-state index contributed by atoms with van der Waals surface area (Å²) in [7, 11) is 3.10. The Kier molecular flexibility index (Phi) is 8.13. The van der Waals surface area contributed by atoms with Gasteiger partial charge in [-0.05, 0) is 57.0 Å². The summed E-state index contributed by atoms with van der Waals surface area (Å²) >= 11 is 1.25. The highest BCUT2D eigenvalue weighted by Gasteiger charge is 2.35. The van der Waals surface area contributed by atoms with E-state index in [0.717, 1.165) is 42.4 Å². The zero-order valence-corrected chi connectivity index (χ0v) is 26.0. The minimum absolute atomic E-state index is 0.0865. The van der Waals surface area contributed by atoms with Gasteiger partial charge in [-0.3, -0.25) is 14.2 Å². The van der Waals surface area contributed by atoms with Crippen LogP contribution < -0.4 is 24.4 Å². The lowest BCUT2D eigenvalue weighted by Gasteiger charge is -2.26. The Morgan fingerprint density at radius 1 is 1.09 bits per heavy atom. The van der Waals surface area contributed by atoms with Gasteiger partial charge in [0.05, 0.1) is 36.6 Å². The molecule has 1 amide bonds. The maximum atomic E-state index is 14.3. The minimum atomic E-state index is -0.850. The maximum Gasteiger partial charge on any atom is 0.338 e. The van der Waals surface area contributed by atoms with Crippen molar-refractivity contribution in [1.29, 1.82) is 0 Å². The van der Waals surface area contributed by atoms with Crippen LogP contribution in [0.1, 0.15) is 43.9 Å². The number of ether oxygens (including phenoxy) is 3. The largest absolute Gasteiger partial charge is 0.497 e. The first-order chi connectivity index (χ1) is 21.3. The fraction of sp³-hybridized carbons (Fsp3) is 0.333. The van der Waals surface area contributed by atoms with E-state index in [4.69, 9.17) is 19.2 Å². The van der Waals surface area contributed by atoms with Gasteiger partial charge in [-0.25, -0.2) is 9.79 Å². The van der Waals surface area contributed by atoms with Gasteiger partial charge < -0.3 is 23.7 Å². The van der Waals surface area contributed by atoms with Gasteiger partial charge in [-0.2, -0.15) is 0 Å². The molecule has 4 aromatic rings. The van der Waals surface area contributed by atoms with Gasteiger partial charge in [0.25, 0.3) is 5.56 Å². The molecule has 0 saturated carbocycles. The Bertz CT molecular complexity index is 1980. The average Bonchev–Trinajstić information content (AvgIpc) is 3.76. The summed E-state index contributed by atoms with van der Waals surface area (Å²) in [5.41, 5.74) is 2.73. The molecule has 2 aromatic carbocycles. The first-order valence-corrected chi connectivity index (χ1v) is 15.4. The zero-order chi connectivity index (χ0) is 31.0. The van der Waals surface area contributed by atoms with Gasteiger partial charge in [-0.15, -0.1) is 0 Å². The standard InChI is InChI=1S/C33H34N4O6S/c1-5-43-32(40)29-20(2)34-33-37(30(29)24-17-22(41-3)12-13-26(24)42-4)31(39)27(44-33)16-21-18-36(25-11-7-6-10-23(21)25)19-28(38)35-14-8-9-15-35/h6-7,10-13,16-18,30H,5,8-9,14-15,19H2,1-4H3/b27-16+/t30-/m0/s1. The van der Waals surface area contributed by atoms with E-state index >= 15 is 0 Å². The third-order valence-corrected chi connectivity index (χ3v) is 9.10. The van der Waals surface area contributed by atoms with Crippen molar-refractivity contribution in [3.05, 3.63) is 90.7 Å². The molecule has 11 heteroatoms. The fourth-order valence-corrected chi connectivity index (χ4v) is 7.05. The Hall–Kier alpha value is -4.64. The number of rotatable bonds is 8. The predicted octanol–water partition coefficient (Wildman–Crippen LogP) is 3.39. The maximum absolute atomic E-state index is 14.3. The van der Waals surface area contributed by atoms with Crippen LogP contribution in [0.4, 0.5) is 0 Å². The van der Waals surface area contributed by atoms with Gasteiger partial charge >= 0.3 is 5.97 Å². The first kappa shape index (κ1) is 29.4. The molecule has 4 heterocycles. The quantitative estimate of drug-likeness (QED) is 0.282. The number of para-hydroxylation sites is 1. The highest BCUT2D eigenvalue weighted by molar-refractivity contribution is 7.07. The zero-order valence-electron chi connectivity index (χ0n) is 25.2. The van der Waals surface area contributed by atoms with Crippen molar-refractivity contribution < 1.29 is 23.8 Å². The number of carbonyl (C=O) groups excluding carboxylic acids is 2. The van der Waals surface area contributed by atoms with E-state index in [2.05, 4.69) is 0 Å². The van der Waals surface area contributed by atoms with Crippen molar-refractivity contribution in [2.24, 2.45) is 4.99 Å². The van der Waals surface area contributed by atoms with Crippen LogP contribution >= 0.6 is 11.3 Å². The van der Waals surface area contributed by atoms with Crippen molar-refractivity contribution in [2.45, 2.75) is 39.3 Å². The van der Waals surface area contributed by atoms with Crippen LogP contribution in [0.5, 0.6) is 11.5 Å². The third kappa shape index (κ3) is 5.21. The van der Waals surface area contributed by atoms with Crippen molar-refractivity contribution in [3.63, 3.8) is 0 Å². The summed E-state index contributed by atoms with van der Waals surface area (Å²) in [6, 6.07) is 12.3. The van der Waals surface area contributed by atoms with E-state index in [-0.39, 0.29) is 30.2 Å². The smallest absolute Gasteiger partial charge is 0.338 e. The number of amides is 1. The molecule has 6 rings (SSSR count). The van der Waals surface area contributed by atoms with E-state index < -0.39 is 12.0 Å². The molecular formula is C33H34N4O6S. The number of hydrogen-bond donors (Lipinski definition) is 0. The van der Waals surface area contributed by atoms with Gasteiger partial charge in [-0.1, -0.05) is 29.5 Å². The van der Waals surface area contributed by atoms with Crippen molar-refractivity contribution in [3.8, 4) is 11.5 Å². The number of benzene rings is 2. The van der Waals surface area contributed by atoms with E-state index in [1.54, 1.807) is 46.3 Å². The number of esters is 1. The lowest BCUT2D eigenvalue weighted by Crippen LogP contribution is -2.40. The number of allylic oxidation sites excluding steroid dienone is 1. The number of aromatic nitrogens is 2. The number of thiazole rings is 1. The molecule has 2 aromatic heterocycles. The van der Waals surface area contributed by atoms with E-state index in [0.29, 0.717) is 32.1 Å². The molecule has 0 N–H and O–H groups in total. The number of methoxy groups -OCH3 is 2.